The Morgan fingerprint density at radius 1 is 1.14 bits per heavy atom. The second kappa shape index (κ2) is 14.1. The number of allylic oxidation sites excluding steroid dienone is 3. The number of piperidine rings is 1. The van der Waals surface area contributed by atoms with E-state index in [9.17, 15) is 4.79 Å². The highest BCUT2D eigenvalue weighted by atomic mass is 19.1. The van der Waals surface area contributed by atoms with E-state index >= 15 is 4.39 Å². The molecule has 3 heterocycles. The van der Waals surface area contributed by atoms with E-state index in [1.165, 1.54) is 6.20 Å². The Hall–Kier alpha value is -4.97. The maximum atomic E-state index is 15.6. The summed E-state index contributed by atoms with van der Waals surface area (Å²) >= 11 is 0. The minimum Gasteiger partial charge on any atom is -0.379 e. The highest BCUT2D eigenvalue weighted by Crippen LogP contribution is 2.24. The summed E-state index contributed by atoms with van der Waals surface area (Å²) in [6, 6.07) is 18.6. The lowest BCUT2D eigenvalue weighted by molar-refractivity contribution is -0.114. The van der Waals surface area contributed by atoms with Gasteiger partial charge in [0.25, 0.3) is 5.91 Å². The summed E-state index contributed by atoms with van der Waals surface area (Å²) in [7, 11) is 0. The predicted octanol–water partition coefficient (Wildman–Crippen LogP) is 5.63. The van der Waals surface area contributed by atoms with Crippen LogP contribution in [0.5, 0.6) is 0 Å². The molecule has 0 bridgehead atoms. The van der Waals surface area contributed by atoms with Gasteiger partial charge in [0.1, 0.15) is 18.1 Å². The molecule has 1 amide bonds. The maximum Gasteiger partial charge on any atom is 0.250 e. The molecule has 1 saturated heterocycles. The smallest absolute Gasteiger partial charge is 0.250 e. The summed E-state index contributed by atoms with van der Waals surface area (Å²) in [5.41, 5.74) is 11.5. The van der Waals surface area contributed by atoms with Crippen LogP contribution < -0.4 is 21.3 Å². The molecular formula is C33H36FN7O. The number of nitriles is 1. The molecule has 0 aliphatic carbocycles. The first-order chi connectivity index (χ1) is 20.3. The molecule has 1 aliphatic heterocycles. The third-order valence-corrected chi connectivity index (χ3v) is 7.14. The number of anilines is 2. The second-order valence-electron chi connectivity index (χ2n) is 10.3. The number of alkyl halides is 1. The highest BCUT2D eigenvalue weighted by Gasteiger charge is 2.31. The second-order valence-corrected chi connectivity index (χ2v) is 10.3. The van der Waals surface area contributed by atoms with Crippen LogP contribution in [0.4, 0.5) is 15.9 Å². The molecule has 1 aromatic carbocycles. The molecule has 0 unspecified atom stereocenters. The van der Waals surface area contributed by atoms with Crippen LogP contribution >= 0.6 is 0 Å². The van der Waals surface area contributed by atoms with E-state index in [0.717, 1.165) is 34.6 Å². The van der Waals surface area contributed by atoms with Crippen LogP contribution in [0.2, 0.25) is 0 Å². The van der Waals surface area contributed by atoms with Gasteiger partial charge in [0.15, 0.2) is 0 Å². The first-order valence-electron chi connectivity index (χ1n) is 14.0. The van der Waals surface area contributed by atoms with Crippen molar-refractivity contribution in [1.29, 1.82) is 5.26 Å². The predicted molar refractivity (Wildman–Crippen MR) is 165 cm³/mol. The van der Waals surface area contributed by atoms with Gasteiger partial charge in [0.05, 0.1) is 29.4 Å². The number of hydrogen-bond acceptors (Lipinski definition) is 7. The Balaban J connectivity index is 1.55. The van der Waals surface area contributed by atoms with Gasteiger partial charge in [-0.3, -0.25) is 9.78 Å². The van der Waals surface area contributed by atoms with Crippen molar-refractivity contribution >= 4 is 17.4 Å². The molecule has 4 rings (SSSR count). The van der Waals surface area contributed by atoms with Crippen LogP contribution in [0.15, 0.2) is 102 Å². The lowest BCUT2D eigenvalue weighted by Crippen LogP contribution is -2.51. The van der Waals surface area contributed by atoms with Crippen molar-refractivity contribution in [2.45, 2.75) is 45.8 Å². The SMILES string of the molecule is CC/C(C)=C/C(C(N)=O)=C(\C=C(/C)Nc1ccc(-c2ccccn2)cc1)N[C@@H]1CCN(c2ccc(C#N)cn2)C[C@@H]1F. The van der Waals surface area contributed by atoms with Crippen LogP contribution in [0, 0.1) is 11.3 Å². The molecule has 3 aromatic rings. The first kappa shape index (κ1) is 30.0. The molecule has 4 N–H and O–H groups in total. The van der Waals surface area contributed by atoms with Gasteiger partial charge in [-0.05, 0) is 75.2 Å². The van der Waals surface area contributed by atoms with Crippen molar-refractivity contribution in [1.82, 2.24) is 15.3 Å². The molecular weight excluding hydrogens is 529 g/mol. The average molecular weight is 566 g/mol. The van der Waals surface area contributed by atoms with Crippen molar-refractivity contribution in [2.75, 3.05) is 23.3 Å². The van der Waals surface area contributed by atoms with E-state index in [2.05, 4.69) is 20.6 Å². The molecule has 0 radical (unpaired) electrons. The monoisotopic (exact) mass is 565 g/mol. The number of halogens is 1. The molecule has 1 fully saturated rings. The minimum absolute atomic E-state index is 0.128. The van der Waals surface area contributed by atoms with Crippen molar-refractivity contribution in [3.63, 3.8) is 0 Å². The van der Waals surface area contributed by atoms with Gasteiger partial charge in [-0.1, -0.05) is 30.7 Å². The van der Waals surface area contributed by atoms with Gasteiger partial charge >= 0.3 is 0 Å². The zero-order valence-corrected chi connectivity index (χ0v) is 24.1. The molecule has 216 valence electrons. The van der Waals surface area contributed by atoms with Gasteiger partial charge in [-0.15, -0.1) is 0 Å². The topological polar surface area (TPSA) is 120 Å². The third kappa shape index (κ3) is 7.82. The Morgan fingerprint density at radius 3 is 2.52 bits per heavy atom. The summed E-state index contributed by atoms with van der Waals surface area (Å²) in [6.45, 7) is 6.50. The van der Waals surface area contributed by atoms with E-state index in [1.807, 2.05) is 74.2 Å². The number of benzene rings is 1. The molecule has 2 aromatic heterocycles. The van der Waals surface area contributed by atoms with E-state index < -0.39 is 18.1 Å². The van der Waals surface area contributed by atoms with E-state index in [4.69, 9.17) is 11.0 Å². The number of hydrogen-bond donors (Lipinski definition) is 3. The molecule has 1 aliphatic rings. The van der Waals surface area contributed by atoms with Gasteiger partial charge in [0, 0.05) is 41.6 Å². The van der Waals surface area contributed by atoms with Gasteiger partial charge in [0.2, 0.25) is 0 Å². The van der Waals surface area contributed by atoms with Crippen LogP contribution in [-0.4, -0.2) is 41.2 Å². The van der Waals surface area contributed by atoms with Crippen molar-refractivity contribution in [3.05, 3.63) is 107 Å². The summed E-state index contributed by atoms with van der Waals surface area (Å²) in [5, 5.41) is 15.7. The highest BCUT2D eigenvalue weighted by molar-refractivity contribution is 5.96. The molecule has 9 heteroatoms. The van der Waals surface area contributed by atoms with Crippen LogP contribution in [0.1, 0.15) is 39.2 Å². The first-order valence-corrected chi connectivity index (χ1v) is 14.0. The number of nitrogens with one attached hydrogen (secondary N) is 2. The Bertz CT molecular complexity index is 1510. The molecule has 0 spiro atoms. The lowest BCUT2D eigenvalue weighted by Gasteiger charge is -2.36. The van der Waals surface area contributed by atoms with Gasteiger partial charge in [-0.2, -0.15) is 5.26 Å². The fraction of sp³-hybridized carbons (Fsp3) is 0.273. The zero-order chi connectivity index (χ0) is 30.1. The third-order valence-electron chi connectivity index (χ3n) is 7.14. The number of carbonyl (C=O) groups excluding carboxylic acids is 1. The maximum absolute atomic E-state index is 15.6. The van der Waals surface area contributed by atoms with Crippen LogP contribution in [-0.2, 0) is 4.79 Å². The molecule has 2 atom stereocenters. The van der Waals surface area contributed by atoms with Crippen LogP contribution in [0.25, 0.3) is 11.3 Å². The quantitative estimate of drug-likeness (QED) is 0.215. The minimum atomic E-state index is -1.24. The summed E-state index contributed by atoms with van der Waals surface area (Å²) in [4.78, 5) is 23.2. The number of primary amides is 1. The lowest BCUT2D eigenvalue weighted by atomic mass is 10.0. The Labute approximate surface area is 246 Å². The summed E-state index contributed by atoms with van der Waals surface area (Å²) in [5.74, 6) is 0.0305. The average Bonchev–Trinajstić information content (AvgIpc) is 3.01. The molecule has 42 heavy (non-hydrogen) atoms. The summed E-state index contributed by atoms with van der Waals surface area (Å²) in [6.07, 6.45) is 6.79. The van der Waals surface area contributed by atoms with Gasteiger partial charge in [-0.25, -0.2) is 9.37 Å². The van der Waals surface area contributed by atoms with E-state index in [-0.39, 0.29) is 6.54 Å². The fourth-order valence-corrected chi connectivity index (χ4v) is 4.68. The van der Waals surface area contributed by atoms with E-state index in [1.54, 1.807) is 30.5 Å². The fourth-order valence-electron chi connectivity index (χ4n) is 4.68. The number of carbonyl (C=O) groups is 1. The Morgan fingerprint density at radius 2 is 1.93 bits per heavy atom. The molecule has 8 nitrogen and oxygen atoms in total. The summed E-state index contributed by atoms with van der Waals surface area (Å²) < 4.78 is 15.6. The van der Waals surface area contributed by atoms with Gasteiger partial charge < -0.3 is 21.3 Å². The number of aromatic nitrogens is 2. The van der Waals surface area contributed by atoms with Crippen molar-refractivity contribution in [3.8, 4) is 17.3 Å². The Kier molecular flexibility index (Phi) is 10.1. The number of nitrogens with two attached hydrogens (primary N) is 1. The van der Waals surface area contributed by atoms with E-state index in [0.29, 0.717) is 35.6 Å². The van der Waals surface area contributed by atoms with Crippen molar-refractivity contribution < 1.29 is 9.18 Å². The number of amides is 1. The number of pyridine rings is 2. The molecule has 0 saturated carbocycles. The standard InChI is InChI=1S/C33H36FN7O/c1-4-22(2)17-27(33(36)42)31(18-23(3)39-26-11-9-25(10-12-26)29-7-5-6-15-37-29)40-30-14-16-41(21-28(30)34)32-13-8-24(19-35)20-38-32/h5-13,15,17-18,20,28,30,39-40H,4,14,16,21H2,1-3H3,(H2,36,42)/b22-17+,23-18+,31-27-/t28-,30+/m0/s1. The van der Waals surface area contributed by atoms with Crippen LogP contribution in [0.3, 0.4) is 0 Å². The van der Waals surface area contributed by atoms with Crippen molar-refractivity contribution in [2.24, 2.45) is 5.73 Å². The largest absolute Gasteiger partial charge is 0.379 e. The number of nitrogens with zero attached hydrogens (tertiary/aromatic N) is 4. The zero-order valence-electron chi connectivity index (χ0n) is 24.1. The number of rotatable bonds is 10. The normalized spacial score (nSPS) is 18.1.